The van der Waals surface area contributed by atoms with Crippen molar-refractivity contribution in [1.29, 1.82) is 0 Å². The van der Waals surface area contributed by atoms with Crippen molar-refractivity contribution in [3.63, 3.8) is 0 Å². The molecule has 0 fully saturated rings. The number of hydrogen-bond acceptors (Lipinski definition) is 4. The lowest BCUT2D eigenvalue weighted by Gasteiger charge is -2.34. The molecule has 20 heavy (non-hydrogen) atoms. The van der Waals surface area contributed by atoms with Crippen LogP contribution in [0.3, 0.4) is 0 Å². The molecule has 1 atom stereocenters. The number of carbonyl (C=O) groups excluding carboxylic acids is 2. The molecule has 1 aliphatic rings. The van der Waals surface area contributed by atoms with Gasteiger partial charge in [0.1, 0.15) is 11.5 Å². The topological polar surface area (TPSA) is 52.6 Å². The number of esters is 1. The Morgan fingerprint density at radius 3 is 2.75 bits per heavy atom. The Bertz CT molecular complexity index is 535. The SMILES string of the molecule is CCOC(=O)CC1(C)C(=O)CCc2ccc(OC)cc21. The largest absolute Gasteiger partial charge is 0.497 e. The molecule has 4 nitrogen and oxygen atoms in total. The number of aryl methyl sites for hydroxylation is 1. The Balaban J connectivity index is 2.41. The molecule has 0 radical (unpaired) electrons. The molecule has 1 aliphatic carbocycles. The molecule has 0 aliphatic heterocycles. The van der Waals surface area contributed by atoms with Crippen molar-refractivity contribution in [2.24, 2.45) is 0 Å². The molecule has 0 saturated carbocycles. The van der Waals surface area contributed by atoms with Crippen molar-refractivity contribution in [3.8, 4) is 5.75 Å². The van der Waals surface area contributed by atoms with Gasteiger partial charge < -0.3 is 9.47 Å². The molecule has 0 N–H and O–H groups in total. The van der Waals surface area contributed by atoms with E-state index in [1.54, 1.807) is 14.0 Å². The van der Waals surface area contributed by atoms with E-state index in [9.17, 15) is 9.59 Å². The summed E-state index contributed by atoms with van der Waals surface area (Å²) in [5.41, 5.74) is 1.19. The summed E-state index contributed by atoms with van der Waals surface area (Å²) >= 11 is 0. The number of hydrogen-bond donors (Lipinski definition) is 0. The number of methoxy groups -OCH3 is 1. The maximum Gasteiger partial charge on any atom is 0.307 e. The predicted octanol–water partition coefficient (Wildman–Crippen LogP) is 2.42. The summed E-state index contributed by atoms with van der Waals surface area (Å²) < 4.78 is 10.2. The van der Waals surface area contributed by atoms with Gasteiger partial charge in [-0.3, -0.25) is 9.59 Å². The van der Waals surface area contributed by atoms with Crippen LogP contribution in [0.5, 0.6) is 5.75 Å². The highest BCUT2D eigenvalue weighted by Gasteiger charge is 2.41. The van der Waals surface area contributed by atoms with Gasteiger partial charge in [0.2, 0.25) is 0 Å². The lowest BCUT2D eigenvalue weighted by molar-refractivity contribution is -0.147. The van der Waals surface area contributed by atoms with E-state index in [4.69, 9.17) is 9.47 Å². The van der Waals surface area contributed by atoms with Crippen LogP contribution in [0, 0.1) is 0 Å². The summed E-state index contributed by atoms with van der Waals surface area (Å²) in [6.45, 7) is 3.91. The number of rotatable bonds is 4. The monoisotopic (exact) mass is 276 g/mol. The van der Waals surface area contributed by atoms with Gasteiger partial charge in [-0.1, -0.05) is 6.07 Å². The van der Waals surface area contributed by atoms with Crippen LogP contribution < -0.4 is 4.74 Å². The minimum Gasteiger partial charge on any atom is -0.497 e. The van der Waals surface area contributed by atoms with E-state index in [2.05, 4.69) is 0 Å². The van der Waals surface area contributed by atoms with E-state index in [0.717, 1.165) is 17.5 Å². The Morgan fingerprint density at radius 1 is 1.35 bits per heavy atom. The Labute approximate surface area is 119 Å². The first-order chi connectivity index (χ1) is 9.51. The van der Waals surface area contributed by atoms with Crippen LogP contribution in [0.2, 0.25) is 0 Å². The van der Waals surface area contributed by atoms with E-state index in [-0.39, 0.29) is 18.2 Å². The van der Waals surface area contributed by atoms with Gasteiger partial charge in [-0.2, -0.15) is 0 Å². The molecular weight excluding hydrogens is 256 g/mol. The van der Waals surface area contributed by atoms with Crippen LogP contribution in [0.25, 0.3) is 0 Å². The molecule has 0 heterocycles. The molecule has 4 heteroatoms. The van der Waals surface area contributed by atoms with Crippen LogP contribution in [0.1, 0.15) is 37.8 Å². The van der Waals surface area contributed by atoms with Gasteiger partial charge in [0.15, 0.2) is 0 Å². The second-order valence-corrected chi connectivity index (χ2v) is 5.26. The highest BCUT2D eigenvalue weighted by atomic mass is 16.5. The third-order valence-electron chi connectivity index (χ3n) is 3.95. The highest BCUT2D eigenvalue weighted by molar-refractivity contribution is 5.95. The molecule has 1 unspecified atom stereocenters. The van der Waals surface area contributed by atoms with Gasteiger partial charge >= 0.3 is 5.97 Å². The third kappa shape index (κ3) is 2.55. The molecule has 1 aromatic rings. The molecule has 0 aromatic heterocycles. The van der Waals surface area contributed by atoms with Crippen molar-refractivity contribution < 1.29 is 19.1 Å². The Morgan fingerprint density at radius 2 is 2.10 bits per heavy atom. The maximum absolute atomic E-state index is 12.4. The van der Waals surface area contributed by atoms with Crippen LogP contribution in [0.15, 0.2) is 18.2 Å². The van der Waals surface area contributed by atoms with E-state index in [1.807, 2.05) is 25.1 Å². The highest BCUT2D eigenvalue weighted by Crippen LogP contribution is 2.39. The first-order valence-electron chi connectivity index (χ1n) is 6.87. The minimum atomic E-state index is -0.811. The van der Waals surface area contributed by atoms with Crippen molar-refractivity contribution in [3.05, 3.63) is 29.3 Å². The average molecular weight is 276 g/mol. The van der Waals surface area contributed by atoms with Crippen molar-refractivity contribution in [2.75, 3.05) is 13.7 Å². The average Bonchev–Trinajstić information content (AvgIpc) is 2.43. The van der Waals surface area contributed by atoms with Gasteiger partial charge in [-0.25, -0.2) is 0 Å². The Hall–Kier alpha value is -1.84. The van der Waals surface area contributed by atoms with E-state index >= 15 is 0 Å². The third-order valence-corrected chi connectivity index (χ3v) is 3.95. The quantitative estimate of drug-likeness (QED) is 0.792. The number of carbonyl (C=O) groups is 2. The number of fused-ring (bicyclic) bond motifs is 1. The van der Waals surface area contributed by atoms with E-state index in [0.29, 0.717) is 18.8 Å². The maximum atomic E-state index is 12.4. The standard InChI is InChI=1S/C16H20O4/c1-4-20-15(18)10-16(2)13-9-12(19-3)7-5-11(13)6-8-14(16)17/h5,7,9H,4,6,8,10H2,1-3H3. The van der Waals surface area contributed by atoms with Crippen molar-refractivity contribution in [1.82, 2.24) is 0 Å². The molecule has 1 aromatic carbocycles. The summed E-state index contributed by atoms with van der Waals surface area (Å²) in [5.74, 6) is 0.457. The predicted molar refractivity (Wildman–Crippen MR) is 74.9 cm³/mol. The van der Waals surface area contributed by atoms with E-state index < -0.39 is 5.41 Å². The number of ether oxygens (including phenoxy) is 2. The number of benzene rings is 1. The van der Waals surface area contributed by atoms with Gasteiger partial charge in [0.05, 0.1) is 25.6 Å². The summed E-state index contributed by atoms with van der Waals surface area (Å²) in [7, 11) is 1.59. The van der Waals surface area contributed by atoms with Crippen molar-refractivity contribution >= 4 is 11.8 Å². The summed E-state index contributed by atoms with van der Waals surface area (Å²) in [6.07, 6.45) is 1.27. The molecule has 0 amide bonds. The summed E-state index contributed by atoms with van der Waals surface area (Å²) in [4.78, 5) is 24.2. The lowest BCUT2D eigenvalue weighted by Crippen LogP contribution is -2.39. The van der Waals surface area contributed by atoms with E-state index in [1.165, 1.54) is 0 Å². The summed E-state index contributed by atoms with van der Waals surface area (Å²) in [5, 5.41) is 0. The van der Waals surface area contributed by atoms with Gasteiger partial charge in [-0.15, -0.1) is 0 Å². The van der Waals surface area contributed by atoms with Crippen LogP contribution in [-0.4, -0.2) is 25.5 Å². The van der Waals surface area contributed by atoms with Crippen LogP contribution >= 0.6 is 0 Å². The van der Waals surface area contributed by atoms with Gasteiger partial charge in [0, 0.05) is 6.42 Å². The summed E-state index contributed by atoms with van der Waals surface area (Å²) in [6, 6.07) is 5.73. The van der Waals surface area contributed by atoms with Gasteiger partial charge in [-0.05, 0) is 43.5 Å². The normalized spacial score (nSPS) is 21.2. The Kier molecular flexibility index (Phi) is 4.12. The lowest BCUT2D eigenvalue weighted by atomic mass is 9.68. The molecule has 0 bridgehead atoms. The number of ketones is 1. The van der Waals surface area contributed by atoms with Crippen LogP contribution in [-0.2, 0) is 26.2 Å². The minimum absolute atomic E-state index is 0.0832. The first kappa shape index (κ1) is 14.6. The van der Waals surface area contributed by atoms with Crippen molar-refractivity contribution in [2.45, 2.75) is 38.5 Å². The zero-order chi connectivity index (χ0) is 14.8. The molecule has 0 spiro atoms. The second-order valence-electron chi connectivity index (χ2n) is 5.26. The first-order valence-corrected chi connectivity index (χ1v) is 6.87. The smallest absolute Gasteiger partial charge is 0.307 e. The molecular formula is C16H20O4. The van der Waals surface area contributed by atoms with Crippen LogP contribution in [0.4, 0.5) is 0 Å². The molecule has 108 valence electrons. The molecule has 2 rings (SSSR count). The zero-order valence-electron chi connectivity index (χ0n) is 12.2. The fourth-order valence-electron chi connectivity index (χ4n) is 2.78. The number of Topliss-reactive ketones (excluding diaryl/α,β-unsaturated/α-hetero) is 1. The molecule has 0 saturated heterocycles. The fraction of sp³-hybridized carbons (Fsp3) is 0.500. The van der Waals surface area contributed by atoms with Gasteiger partial charge in [0.25, 0.3) is 0 Å². The second kappa shape index (κ2) is 5.65. The zero-order valence-corrected chi connectivity index (χ0v) is 12.2. The fourth-order valence-corrected chi connectivity index (χ4v) is 2.78.